The number of ether oxygens (including phenoxy) is 1. The monoisotopic (exact) mass is 390 g/mol. The van der Waals surface area contributed by atoms with Crippen LogP contribution in [0.25, 0.3) is 17.0 Å². The summed E-state index contributed by atoms with van der Waals surface area (Å²) in [5.41, 5.74) is 1.82. The Morgan fingerprint density at radius 3 is 2.72 bits per heavy atom. The predicted molar refractivity (Wildman–Crippen MR) is 113 cm³/mol. The van der Waals surface area contributed by atoms with Crippen LogP contribution in [0.4, 0.5) is 5.82 Å². The average Bonchev–Trinajstić information content (AvgIpc) is 2.78. The first-order valence-electron chi connectivity index (χ1n) is 10.4. The Bertz CT molecular complexity index is 951. The number of nitriles is 1. The Balaban J connectivity index is 1.68. The van der Waals surface area contributed by atoms with Crippen LogP contribution in [0.2, 0.25) is 0 Å². The molecule has 1 N–H and O–H groups in total. The standard InChI is InChI=1S/C23H26N4O2/c24-16-19(23(28)25-20-7-2-1-3-8-20)15-18-14-17-6-4-5-9-21(17)26-22(18)27-10-12-29-13-11-27/h4-6,9,14-15,20H,1-3,7-8,10-13H2,(H,25,28)/b19-15+. The van der Waals surface area contributed by atoms with Crippen molar-refractivity contribution in [2.24, 2.45) is 0 Å². The fraction of sp³-hybridized carbons (Fsp3) is 0.435. The summed E-state index contributed by atoms with van der Waals surface area (Å²) in [7, 11) is 0. The third-order valence-electron chi connectivity index (χ3n) is 5.65. The molecule has 1 aromatic heterocycles. The van der Waals surface area contributed by atoms with E-state index < -0.39 is 0 Å². The molecule has 1 saturated heterocycles. The van der Waals surface area contributed by atoms with Crippen LogP contribution in [0, 0.1) is 11.3 Å². The van der Waals surface area contributed by atoms with Gasteiger partial charge in [0.25, 0.3) is 5.91 Å². The number of fused-ring (bicyclic) bond motifs is 1. The van der Waals surface area contributed by atoms with Gasteiger partial charge in [-0.05, 0) is 31.1 Å². The number of amides is 1. The van der Waals surface area contributed by atoms with Crippen LogP contribution < -0.4 is 10.2 Å². The Morgan fingerprint density at radius 1 is 1.21 bits per heavy atom. The largest absolute Gasteiger partial charge is 0.378 e. The highest BCUT2D eigenvalue weighted by Crippen LogP contribution is 2.27. The molecule has 1 aliphatic carbocycles. The Morgan fingerprint density at radius 2 is 1.97 bits per heavy atom. The Labute approximate surface area is 171 Å². The van der Waals surface area contributed by atoms with Crippen LogP contribution in [0.1, 0.15) is 37.7 Å². The van der Waals surface area contributed by atoms with Gasteiger partial charge in [0.15, 0.2) is 0 Å². The molecule has 0 radical (unpaired) electrons. The molecule has 2 heterocycles. The van der Waals surface area contributed by atoms with Gasteiger partial charge in [-0.15, -0.1) is 0 Å². The number of morpholine rings is 1. The van der Waals surface area contributed by atoms with Gasteiger partial charge in [-0.2, -0.15) is 5.26 Å². The maximum Gasteiger partial charge on any atom is 0.262 e. The van der Waals surface area contributed by atoms with E-state index in [0.717, 1.165) is 61.1 Å². The second-order valence-electron chi connectivity index (χ2n) is 7.67. The molecule has 2 aromatic rings. The van der Waals surface area contributed by atoms with Crippen LogP contribution in [0.15, 0.2) is 35.9 Å². The summed E-state index contributed by atoms with van der Waals surface area (Å²) in [4.78, 5) is 19.8. The molecule has 0 bridgehead atoms. The van der Waals surface area contributed by atoms with E-state index in [4.69, 9.17) is 9.72 Å². The number of nitrogens with zero attached hydrogens (tertiary/aromatic N) is 3. The minimum absolute atomic E-state index is 0.127. The van der Waals surface area contributed by atoms with Gasteiger partial charge in [0.05, 0.1) is 18.7 Å². The number of rotatable bonds is 4. The smallest absolute Gasteiger partial charge is 0.262 e. The van der Waals surface area contributed by atoms with Crippen molar-refractivity contribution >= 4 is 28.7 Å². The number of carbonyl (C=O) groups excluding carboxylic acids is 1. The number of carbonyl (C=O) groups is 1. The van der Waals surface area contributed by atoms with Crippen LogP contribution >= 0.6 is 0 Å². The van der Waals surface area contributed by atoms with Crippen molar-refractivity contribution in [3.63, 3.8) is 0 Å². The van der Waals surface area contributed by atoms with Gasteiger partial charge < -0.3 is 15.0 Å². The number of aromatic nitrogens is 1. The molecular weight excluding hydrogens is 364 g/mol. The number of benzene rings is 1. The van der Waals surface area contributed by atoms with Crippen LogP contribution in [-0.4, -0.2) is 43.2 Å². The van der Waals surface area contributed by atoms with Crippen molar-refractivity contribution in [2.45, 2.75) is 38.1 Å². The molecule has 0 atom stereocenters. The normalized spacial score (nSPS) is 18.4. The van der Waals surface area contributed by atoms with Crippen LogP contribution in [0.5, 0.6) is 0 Å². The van der Waals surface area contributed by atoms with Gasteiger partial charge in [-0.1, -0.05) is 37.5 Å². The van der Waals surface area contributed by atoms with Crippen LogP contribution in [-0.2, 0) is 9.53 Å². The van der Waals surface area contributed by atoms with E-state index in [-0.39, 0.29) is 17.5 Å². The van der Waals surface area contributed by atoms with Crippen molar-refractivity contribution in [1.82, 2.24) is 10.3 Å². The zero-order valence-electron chi connectivity index (χ0n) is 16.6. The molecule has 6 heteroatoms. The highest BCUT2D eigenvalue weighted by atomic mass is 16.5. The van der Waals surface area contributed by atoms with Crippen molar-refractivity contribution < 1.29 is 9.53 Å². The maximum absolute atomic E-state index is 12.7. The lowest BCUT2D eigenvalue weighted by Crippen LogP contribution is -2.37. The number of hydrogen-bond acceptors (Lipinski definition) is 5. The predicted octanol–water partition coefficient (Wildman–Crippen LogP) is 3.43. The number of hydrogen-bond donors (Lipinski definition) is 1. The quantitative estimate of drug-likeness (QED) is 0.639. The lowest BCUT2D eigenvalue weighted by atomic mass is 9.95. The maximum atomic E-state index is 12.7. The third-order valence-corrected chi connectivity index (χ3v) is 5.65. The molecule has 2 aliphatic rings. The first-order chi connectivity index (χ1) is 14.2. The molecular formula is C23H26N4O2. The first-order valence-corrected chi connectivity index (χ1v) is 10.4. The summed E-state index contributed by atoms with van der Waals surface area (Å²) in [5.74, 6) is 0.505. The molecule has 1 amide bonds. The van der Waals surface area contributed by atoms with E-state index in [1.807, 2.05) is 30.3 Å². The van der Waals surface area contributed by atoms with Crippen molar-refractivity contribution in [3.05, 3.63) is 41.5 Å². The molecule has 1 aromatic carbocycles. The van der Waals surface area contributed by atoms with Gasteiger partial charge >= 0.3 is 0 Å². The summed E-state index contributed by atoms with van der Waals surface area (Å²) >= 11 is 0. The van der Waals surface area contributed by atoms with Gasteiger partial charge in [-0.3, -0.25) is 4.79 Å². The van der Waals surface area contributed by atoms with Crippen LogP contribution in [0.3, 0.4) is 0 Å². The van der Waals surface area contributed by atoms with E-state index in [1.54, 1.807) is 6.08 Å². The summed E-state index contributed by atoms with van der Waals surface area (Å²) < 4.78 is 5.47. The summed E-state index contributed by atoms with van der Waals surface area (Å²) in [6, 6.07) is 12.2. The molecule has 0 unspecified atom stereocenters. The fourth-order valence-electron chi connectivity index (χ4n) is 4.07. The molecule has 29 heavy (non-hydrogen) atoms. The van der Waals surface area contributed by atoms with E-state index >= 15 is 0 Å². The topological polar surface area (TPSA) is 78.2 Å². The molecule has 1 saturated carbocycles. The lowest BCUT2D eigenvalue weighted by molar-refractivity contribution is -0.117. The van der Waals surface area contributed by atoms with E-state index in [0.29, 0.717) is 13.2 Å². The highest BCUT2D eigenvalue weighted by molar-refractivity contribution is 6.03. The molecule has 1 aliphatic heterocycles. The SMILES string of the molecule is N#C/C(=C\c1cc2ccccc2nc1N1CCOCC1)C(=O)NC1CCCCC1. The summed E-state index contributed by atoms with van der Waals surface area (Å²) in [6.07, 6.45) is 7.14. The molecule has 2 fully saturated rings. The summed E-state index contributed by atoms with van der Waals surface area (Å²) in [6.45, 7) is 2.76. The van der Waals surface area contributed by atoms with Gasteiger partial charge in [-0.25, -0.2) is 4.98 Å². The second kappa shape index (κ2) is 9.06. The third kappa shape index (κ3) is 4.57. The van der Waals surface area contributed by atoms with E-state index in [2.05, 4.69) is 16.3 Å². The Hall–Kier alpha value is -2.91. The first kappa shape index (κ1) is 19.4. The molecule has 6 nitrogen and oxygen atoms in total. The molecule has 150 valence electrons. The molecule has 4 rings (SSSR count). The van der Waals surface area contributed by atoms with Gasteiger partial charge in [0.2, 0.25) is 0 Å². The fourth-order valence-corrected chi connectivity index (χ4v) is 4.07. The van der Waals surface area contributed by atoms with E-state index in [1.165, 1.54) is 6.42 Å². The van der Waals surface area contributed by atoms with Crippen molar-refractivity contribution in [2.75, 3.05) is 31.2 Å². The van der Waals surface area contributed by atoms with Crippen molar-refractivity contribution in [1.29, 1.82) is 5.26 Å². The Kier molecular flexibility index (Phi) is 6.06. The molecule has 0 spiro atoms. The number of pyridine rings is 1. The van der Waals surface area contributed by atoms with Crippen molar-refractivity contribution in [3.8, 4) is 6.07 Å². The zero-order chi connectivity index (χ0) is 20.1. The summed E-state index contributed by atoms with van der Waals surface area (Å²) in [5, 5.41) is 13.7. The highest BCUT2D eigenvalue weighted by Gasteiger charge is 2.20. The second-order valence-corrected chi connectivity index (χ2v) is 7.67. The minimum Gasteiger partial charge on any atom is -0.378 e. The average molecular weight is 390 g/mol. The zero-order valence-corrected chi connectivity index (χ0v) is 16.6. The van der Waals surface area contributed by atoms with E-state index in [9.17, 15) is 10.1 Å². The lowest BCUT2D eigenvalue weighted by Gasteiger charge is -2.29. The van der Waals surface area contributed by atoms with Gasteiger partial charge in [0.1, 0.15) is 17.5 Å². The number of para-hydroxylation sites is 1. The van der Waals surface area contributed by atoms with Gasteiger partial charge in [0, 0.05) is 30.1 Å². The number of anilines is 1. The number of nitrogens with one attached hydrogen (secondary N) is 1. The minimum atomic E-state index is -0.291.